The number of nitrogens with one attached hydrogen (secondary N) is 2. The third-order valence-corrected chi connectivity index (χ3v) is 8.25. The molecule has 34 heavy (non-hydrogen) atoms. The number of nitrogens with zero attached hydrogens (tertiary/aromatic N) is 1. The molecule has 2 amide bonds. The average Bonchev–Trinajstić information content (AvgIpc) is 3.29. The molecular formula is C24H18N4O4S2. The molecule has 0 saturated heterocycles. The number of amides is 2. The molecule has 3 aromatic carbocycles. The Bertz CT molecular complexity index is 1540. The Labute approximate surface area is 199 Å². The summed E-state index contributed by atoms with van der Waals surface area (Å²) in [5, 5.41) is 6.23. The molecule has 4 aromatic rings. The summed E-state index contributed by atoms with van der Waals surface area (Å²) in [7, 11) is -3.92. The number of sulfone groups is 1. The van der Waals surface area contributed by atoms with E-state index in [0.717, 1.165) is 15.4 Å². The van der Waals surface area contributed by atoms with Crippen molar-refractivity contribution in [3.63, 3.8) is 0 Å². The zero-order valence-electron chi connectivity index (χ0n) is 17.6. The van der Waals surface area contributed by atoms with E-state index in [1.54, 1.807) is 30.5 Å². The summed E-state index contributed by atoms with van der Waals surface area (Å²) in [6.45, 7) is 0.249. The normalized spacial score (nSPS) is 13.8. The second-order valence-electron chi connectivity index (χ2n) is 7.60. The van der Waals surface area contributed by atoms with Crippen molar-refractivity contribution in [3.05, 3.63) is 88.9 Å². The van der Waals surface area contributed by atoms with E-state index in [1.807, 2.05) is 12.1 Å². The lowest BCUT2D eigenvalue weighted by Gasteiger charge is -2.10. The molecule has 0 radical (unpaired) electrons. The lowest BCUT2D eigenvalue weighted by atomic mass is 10.1. The first-order valence-electron chi connectivity index (χ1n) is 10.2. The highest BCUT2D eigenvalue weighted by molar-refractivity contribution is 7.91. The number of hydrogen-bond acceptors (Lipinski definition) is 7. The summed E-state index contributed by atoms with van der Waals surface area (Å²) in [5.74, 6) is -0.950. The lowest BCUT2D eigenvalue weighted by molar-refractivity contribution is 0.0949. The molecule has 2 heterocycles. The van der Waals surface area contributed by atoms with Gasteiger partial charge in [0.2, 0.25) is 9.84 Å². The maximum atomic E-state index is 13.1. The summed E-state index contributed by atoms with van der Waals surface area (Å²) < 4.78 is 26.2. The van der Waals surface area contributed by atoms with Crippen LogP contribution >= 0.6 is 11.3 Å². The molecule has 10 heteroatoms. The van der Waals surface area contributed by atoms with E-state index in [0.29, 0.717) is 5.69 Å². The van der Waals surface area contributed by atoms with Crippen molar-refractivity contribution in [1.29, 1.82) is 0 Å². The predicted octanol–water partition coefficient (Wildman–Crippen LogP) is 3.72. The van der Waals surface area contributed by atoms with E-state index >= 15 is 0 Å². The number of carbonyl (C=O) groups excluding carboxylic acids is 2. The van der Waals surface area contributed by atoms with Crippen LogP contribution in [0.2, 0.25) is 0 Å². The standard InChI is InChI=1S/C24H18N4O4S2/c25-16-8-5-14(6-9-16)24-27-13-17(33-24)12-26-22(29)15-7-10-21-19(11-15)28-23(30)18-3-1-2-4-20(18)34(21,31)32/h1-11,13H,12,25H2,(H,26,29)(H,28,30). The molecule has 0 saturated carbocycles. The fourth-order valence-electron chi connectivity index (χ4n) is 3.62. The Morgan fingerprint density at radius 3 is 2.59 bits per heavy atom. The smallest absolute Gasteiger partial charge is 0.257 e. The number of nitrogen functional groups attached to an aromatic ring is 1. The number of anilines is 2. The van der Waals surface area contributed by atoms with Gasteiger partial charge in [-0.3, -0.25) is 9.59 Å². The van der Waals surface area contributed by atoms with E-state index < -0.39 is 21.7 Å². The van der Waals surface area contributed by atoms with Gasteiger partial charge in [-0.25, -0.2) is 13.4 Å². The molecule has 1 aliphatic rings. The molecule has 4 N–H and O–H groups in total. The number of hydrogen-bond donors (Lipinski definition) is 3. The number of nitrogens with two attached hydrogens (primary N) is 1. The first kappa shape index (κ1) is 21.8. The van der Waals surface area contributed by atoms with Crippen molar-refractivity contribution in [1.82, 2.24) is 10.3 Å². The SMILES string of the molecule is Nc1ccc(-c2ncc(CNC(=O)c3ccc4c(c3)NC(=O)c3ccccc3S4(=O)=O)s2)cc1. The third kappa shape index (κ3) is 3.93. The fourth-order valence-corrected chi connectivity index (χ4v) is 6.07. The molecule has 8 nitrogen and oxygen atoms in total. The minimum Gasteiger partial charge on any atom is -0.399 e. The molecule has 0 aliphatic carbocycles. The van der Waals surface area contributed by atoms with E-state index in [2.05, 4.69) is 15.6 Å². The summed E-state index contributed by atoms with van der Waals surface area (Å²) >= 11 is 1.44. The van der Waals surface area contributed by atoms with Gasteiger partial charge < -0.3 is 16.4 Å². The molecule has 0 spiro atoms. The van der Waals surface area contributed by atoms with Crippen LogP contribution in [0.15, 0.2) is 82.7 Å². The Hall–Kier alpha value is -4.02. The molecule has 0 bridgehead atoms. The first-order valence-corrected chi connectivity index (χ1v) is 12.5. The van der Waals surface area contributed by atoms with Gasteiger partial charge in [0.15, 0.2) is 0 Å². The topological polar surface area (TPSA) is 131 Å². The molecule has 0 atom stereocenters. The lowest BCUT2D eigenvalue weighted by Crippen LogP contribution is -2.22. The third-order valence-electron chi connectivity index (χ3n) is 5.34. The van der Waals surface area contributed by atoms with Crippen LogP contribution < -0.4 is 16.4 Å². The monoisotopic (exact) mass is 490 g/mol. The van der Waals surface area contributed by atoms with Gasteiger partial charge in [0.05, 0.1) is 27.6 Å². The molecular weight excluding hydrogens is 472 g/mol. The number of carbonyl (C=O) groups is 2. The molecule has 170 valence electrons. The molecule has 0 fully saturated rings. The quantitative estimate of drug-likeness (QED) is 0.374. The Morgan fingerprint density at radius 1 is 1.03 bits per heavy atom. The maximum Gasteiger partial charge on any atom is 0.257 e. The molecule has 1 aromatic heterocycles. The second-order valence-corrected chi connectivity index (χ2v) is 10.6. The van der Waals surface area contributed by atoms with Crippen molar-refractivity contribution in [2.75, 3.05) is 11.1 Å². The van der Waals surface area contributed by atoms with E-state index in [1.165, 1.54) is 41.7 Å². The van der Waals surface area contributed by atoms with Gasteiger partial charge in [-0.1, -0.05) is 12.1 Å². The summed E-state index contributed by atoms with van der Waals surface area (Å²) in [6.07, 6.45) is 1.69. The maximum absolute atomic E-state index is 13.1. The van der Waals surface area contributed by atoms with Crippen molar-refractivity contribution in [3.8, 4) is 10.6 Å². The Balaban J connectivity index is 1.35. The summed E-state index contributed by atoms with van der Waals surface area (Å²) in [5.41, 5.74) is 7.67. The molecule has 1 aliphatic heterocycles. The van der Waals surface area contributed by atoms with Gasteiger partial charge in [-0.15, -0.1) is 11.3 Å². The minimum absolute atomic E-state index is 0.0575. The summed E-state index contributed by atoms with van der Waals surface area (Å²) in [4.78, 5) is 30.5. The predicted molar refractivity (Wildman–Crippen MR) is 129 cm³/mol. The van der Waals surface area contributed by atoms with Crippen LogP contribution in [0.4, 0.5) is 11.4 Å². The van der Waals surface area contributed by atoms with Gasteiger partial charge >= 0.3 is 0 Å². The minimum atomic E-state index is -3.92. The van der Waals surface area contributed by atoms with Gasteiger partial charge in [0.25, 0.3) is 11.8 Å². The highest BCUT2D eigenvalue weighted by Crippen LogP contribution is 2.34. The van der Waals surface area contributed by atoms with E-state index in [-0.39, 0.29) is 33.2 Å². The molecule has 5 rings (SSSR count). The van der Waals surface area contributed by atoms with Gasteiger partial charge in [-0.05, 0) is 54.6 Å². The average molecular weight is 491 g/mol. The van der Waals surface area contributed by atoms with Gasteiger partial charge in [0, 0.05) is 27.9 Å². The van der Waals surface area contributed by atoms with Crippen molar-refractivity contribution >= 4 is 44.4 Å². The van der Waals surface area contributed by atoms with Crippen LogP contribution in [0.25, 0.3) is 10.6 Å². The number of rotatable bonds is 4. The van der Waals surface area contributed by atoms with E-state index in [9.17, 15) is 18.0 Å². The molecule has 0 unspecified atom stereocenters. The van der Waals surface area contributed by atoms with Crippen molar-refractivity contribution in [2.24, 2.45) is 0 Å². The first-order chi connectivity index (χ1) is 16.3. The highest BCUT2D eigenvalue weighted by Gasteiger charge is 2.31. The number of fused-ring (bicyclic) bond motifs is 2. The fraction of sp³-hybridized carbons (Fsp3) is 0.0417. The zero-order valence-corrected chi connectivity index (χ0v) is 19.2. The van der Waals surface area contributed by atoms with Gasteiger partial charge in [0.1, 0.15) is 5.01 Å². The largest absolute Gasteiger partial charge is 0.399 e. The van der Waals surface area contributed by atoms with Crippen LogP contribution in [0.3, 0.4) is 0 Å². The Morgan fingerprint density at radius 2 is 1.79 bits per heavy atom. The zero-order chi connectivity index (χ0) is 23.9. The van der Waals surface area contributed by atoms with Crippen molar-refractivity contribution < 1.29 is 18.0 Å². The number of aromatic nitrogens is 1. The van der Waals surface area contributed by atoms with Gasteiger partial charge in [-0.2, -0.15) is 0 Å². The van der Waals surface area contributed by atoms with Crippen LogP contribution in [0.1, 0.15) is 25.6 Å². The van der Waals surface area contributed by atoms with Crippen molar-refractivity contribution in [2.45, 2.75) is 16.3 Å². The highest BCUT2D eigenvalue weighted by atomic mass is 32.2. The van der Waals surface area contributed by atoms with Crippen LogP contribution in [-0.4, -0.2) is 25.2 Å². The van der Waals surface area contributed by atoms with E-state index in [4.69, 9.17) is 5.73 Å². The number of thiazole rings is 1. The van der Waals surface area contributed by atoms with Crippen LogP contribution in [0.5, 0.6) is 0 Å². The summed E-state index contributed by atoms with van der Waals surface area (Å²) in [6, 6.07) is 17.5. The Kier molecular flexibility index (Phi) is 5.39. The second kappa shape index (κ2) is 8.40. The van der Waals surface area contributed by atoms with Crippen LogP contribution in [0, 0.1) is 0 Å². The van der Waals surface area contributed by atoms with Crippen LogP contribution in [-0.2, 0) is 16.4 Å². The number of benzene rings is 3.